The van der Waals surface area contributed by atoms with Crippen molar-refractivity contribution in [2.75, 3.05) is 27.2 Å². The molecule has 0 fully saturated rings. The molecule has 15 heavy (non-hydrogen) atoms. The summed E-state index contributed by atoms with van der Waals surface area (Å²) in [6.45, 7) is 3.29. The van der Waals surface area contributed by atoms with Crippen LogP contribution in [-0.4, -0.2) is 49.4 Å². The fourth-order valence-corrected chi connectivity index (χ4v) is 1.08. The highest BCUT2D eigenvalue weighted by Gasteiger charge is 2.09. The molecule has 0 aliphatic rings. The predicted octanol–water partition coefficient (Wildman–Crippen LogP) is 0.245. The number of amides is 1. The Hall–Kier alpha value is -1.36. The van der Waals surface area contributed by atoms with Crippen LogP contribution >= 0.6 is 0 Å². The standard InChI is InChI=1S/C10H20N4O/c1-4-7-12-10(14(3)9-15)13(2)8-5-6-11/h4,7,9H,5-6,8,11H2,1-3H3/b7-4+,12-10?. The van der Waals surface area contributed by atoms with Gasteiger partial charge < -0.3 is 10.6 Å². The minimum atomic E-state index is 0.622. The van der Waals surface area contributed by atoms with Crippen molar-refractivity contribution in [1.29, 1.82) is 0 Å². The van der Waals surface area contributed by atoms with Crippen LogP contribution in [0.5, 0.6) is 0 Å². The summed E-state index contributed by atoms with van der Waals surface area (Å²) in [5, 5.41) is 0. The summed E-state index contributed by atoms with van der Waals surface area (Å²) in [6, 6.07) is 0. The van der Waals surface area contributed by atoms with E-state index < -0.39 is 0 Å². The lowest BCUT2D eigenvalue weighted by atomic mass is 10.4. The first-order valence-electron chi connectivity index (χ1n) is 4.95. The highest BCUT2D eigenvalue weighted by molar-refractivity contribution is 5.88. The zero-order valence-electron chi connectivity index (χ0n) is 9.68. The lowest BCUT2D eigenvalue weighted by Crippen LogP contribution is -2.40. The van der Waals surface area contributed by atoms with Gasteiger partial charge in [0, 0.05) is 26.8 Å². The number of hydrogen-bond donors (Lipinski definition) is 1. The lowest BCUT2D eigenvalue weighted by Gasteiger charge is -2.24. The van der Waals surface area contributed by atoms with Crippen LogP contribution in [0.25, 0.3) is 0 Å². The van der Waals surface area contributed by atoms with E-state index in [2.05, 4.69) is 4.99 Å². The van der Waals surface area contributed by atoms with Crippen LogP contribution in [0, 0.1) is 0 Å². The van der Waals surface area contributed by atoms with Gasteiger partial charge in [-0.15, -0.1) is 0 Å². The molecule has 0 aliphatic carbocycles. The molecular weight excluding hydrogens is 192 g/mol. The average Bonchev–Trinajstić information content (AvgIpc) is 2.26. The number of hydrogen-bond acceptors (Lipinski definition) is 3. The second kappa shape index (κ2) is 7.99. The monoisotopic (exact) mass is 212 g/mol. The molecule has 5 heteroatoms. The normalized spacial score (nSPS) is 11.9. The van der Waals surface area contributed by atoms with Crippen LogP contribution in [0.2, 0.25) is 0 Å². The molecule has 0 saturated carbocycles. The van der Waals surface area contributed by atoms with Crippen molar-refractivity contribution in [1.82, 2.24) is 9.80 Å². The zero-order valence-corrected chi connectivity index (χ0v) is 9.68. The second-order valence-corrected chi connectivity index (χ2v) is 3.19. The van der Waals surface area contributed by atoms with Crippen LogP contribution in [0.4, 0.5) is 0 Å². The van der Waals surface area contributed by atoms with Crippen molar-refractivity contribution in [3.05, 3.63) is 12.3 Å². The van der Waals surface area contributed by atoms with Gasteiger partial charge in [0.15, 0.2) is 0 Å². The quantitative estimate of drug-likeness (QED) is 0.403. The minimum Gasteiger partial charge on any atom is -0.345 e. The summed E-state index contributed by atoms with van der Waals surface area (Å²) in [5.41, 5.74) is 5.42. The van der Waals surface area contributed by atoms with Crippen molar-refractivity contribution in [2.24, 2.45) is 10.7 Å². The number of carbonyl (C=O) groups is 1. The van der Waals surface area contributed by atoms with Gasteiger partial charge in [-0.2, -0.15) is 0 Å². The average molecular weight is 212 g/mol. The van der Waals surface area contributed by atoms with Gasteiger partial charge in [-0.1, -0.05) is 6.08 Å². The Balaban J connectivity index is 4.54. The Kier molecular flexibility index (Phi) is 7.27. The number of carbonyl (C=O) groups excluding carboxylic acids is 1. The number of guanidine groups is 1. The molecule has 0 aliphatic heterocycles. The largest absolute Gasteiger partial charge is 0.345 e. The highest BCUT2D eigenvalue weighted by Crippen LogP contribution is 1.95. The minimum absolute atomic E-state index is 0.622. The molecule has 0 aromatic rings. The maximum atomic E-state index is 10.7. The molecule has 0 radical (unpaired) electrons. The Labute approximate surface area is 91.3 Å². The predicted molar refractivity (Wildman–Crippen MR) is 62.4 cm³/mol. The maximum absolute atomic E-state index is 10.7. The van der Waals surface area contributed by atoms with E-state index >= 15 is 0 Å². The molecule has 0 spiro atoms. The third-order valence-corrected chi connectivity index (χ3v) is 1.85. The van der Waals surface area contributed by atoms with Gasteiger partial charge in [-0.3, -0.25) is 9.69 Å². The summed E-state index contributed by atoms with van der Waals surface area (Å²) in [4.78, 5) is 18.2. The third kappa shape index (κ3) is 5.17. The summed E-state index contributed by atoms with van der Waals surface area (Å²) >= 11 is 0. The molecule has 1 amide bonds. The van der Waals surface area contributed by atoms with Crippen molar-refractivity contribution < 1.29 is 4.79 Å². The first-order chi connectivity index (χ1) is 7.17. The van der Waals surface area contributed by atoms with Crippen LogP contribution in [0.1, 0.15) is 13.3 Å². The molecule has 0 aromatic carbocycles. The Bertz CT molecular complexity index is 238. The molecule has 2 N–H and O–H groups in total. The van der Waals surface area contributed by atoms with Gasteiger partial charge in [-0.25, -0.2) is 4.99 Å². The molecule has 0 rings (SSSR count). The van der Waals surface area contributed by atoms with E-state index in [-0.39, 0.29) is 0 Å². The van der Waals surface area contributed by atoms with Gasteiger partial charge in [0.05, 0.1) is 0 Å². The molecule has 0 aromatic heterocycles. The lowest BCUT2D eigenvalue weighted by molar-refractivity contribution is -0.114. The number of nitrogens with two attached hydrogens (primary N) is 1. The first-order valence-corrected chi connectivity index (χ1v) is 4.95. The SMILES string of the molecule is C/C=C/N=C(N(C)C=O)N(C)CCCN. The molecule has 86 valence electrons. The number of aliphatic imine (C=N–C) groups is 1. The zero-order chi connectivity index (χ0) is 11.7. The highest BCUT2D eigenvalue weighted by atomic mass is 16.1. The van der Waals surface area contributed by atoms with E-state index in [1.165, 1.54) is 4.90 Å². The van der Waals surface area contributed by atoms with E-state index in [1.807, 2.05) is 24.9 Å². The van der Waals surface area contributed by atoms with E-state index in [0.29, 0.717) is 12.5 Å². The molecule has 0 saturated heterocycles. The fraction of sp³-hybridized carbons (Fsp3) is 0.600. The topological polar surface area (TPSA) is 61.9 Å². The summed E-state index contributed by atoms with van der Waals surface area (Å²) in [5.74, 6) is 0.622. The Morgan fingerprint density at radius 1 is 1.47 bits per heavy atom. The Morgan fingerprint density at radius 2 is 2.13 bits per heavy atom. The van der Waals surface area contributed by atoms with Gasteiger partial charge in [0.2, 0.25) is 12.4 Å². The smallest absolute Gasteiger partial charge is 0.216 e. The van der Waals surface area contributed by atoms with E-state index in [1.54, 1.807) is 13.2 Å². The second-order valence-electron chi connectivity index (χ2n) is 3.19. The fourth-order valence-electron chi connectivity index (χ4n) is 1.08. The maximum Gasteiger partial charge on any atom is 0.216 e. The molecule has 0 heterocycles. The summed E-state index contributed by atoms with van der Waals surface area (Å²) in [7, 11) is 3.56. The van der Waals surface area contributed by atoms with Gasteiger partial charge >= 0.3 is 0 Å². The number of allylic oxidation sites excluding steroid dienone is 1. The third-order valence-electron chi connectivity index (χ3n) is 1.85. The molecule has 5 nitrogen and oxygen atoms in total. The first kappa shape index (κ1) is 13.6. The van der Waals surface area contributed by atoms with Gasteiger partial charge in [0.1, 0.15) is 0 Å². The van der Waals surface area contributed by atoms with Crippen molar-refractivity contribution in [3.8, 4) is 0 Å². The van der Waals surface area contributed by atoms with E-state index in [4.69, 9.17) is 5.73 Å². The van der Waals surface area contributed by atoms with E-state index in [0.717, 1.165) is 19.4 Å². The summed E-state index contributed by atoms with van der Waals surface area (Å²) < 4.78 is 0. The Morgan fingerprint density at radius 3 is 2.60 bits per heavy atom. The van der Waals surface area contributed by atoms with E-state index in [9.17, 15) is 4.79 Å². The number of nitrogens with zero attached hydrogens (tertiary/aromatic N) is 3. The van der Waals surface area contributed by atoms with Gasteiger partial charge in [0.25, 0.3) is 0 Å². The van der Waals surface area contributed by atoms with Crippen LogP contribution in [0.15, 0.2) is 17.3 Å². The molecular formula is C10H20N4O. The van der Waals surface area contributed by atoms with Crippen molar-refractivity contribution >= 4 is 12.4 Å². The molecule has 0 bridgehead atoms. The van der Waals surface area contributed by atoms with Crippen molar-refractivity contribution in [3.63, 3.8) is 0 Å². The van der Waals surface area contributed by atoms with Crippen LogP contribution < -0.4 is 5.73 Å². The van der Waals surface area contributed by atoms with Crippen molar-refractivity contribution in [2.45, 2.75) is 13.3 Å². The van der Waals surface area contributed by atoms with Gasteiger partial charge in [-0.05, 0) is 19.9 Å². The molecule has 0 unspecified atom stereocenters. The number of rotatable bonds is 5. The van der Waals surface area contributed by atoms with Crippen LogP contribution in [-0.2, 0) is 4.79 Å². The summed E-state index contributed by atoms with van der Waals surface area (Å²) in [6.07, 6.45) is 5.09. The van der Waals surface area contributed by atoms with Crippen LogP contribution in [0.3, 0.4) is 0 Å². The molecule has 0 atom stereocenters.